The number of rotatable bonds is 2. The minimum atomic E-state index is 0. The third-order valence-electron chi connectivity index (χ3n) is 2.08. The summed E-state index contributed by atoms with van der Waals surface area (Å²) in [7, 11) is 0. The molecule has 0 saturated heterocycles. The molecule has 1 nitrogen and oxygen atoms in total. The Labute approximate surface area is 111 Å². The quantitative estimate of drug-likeness (QED) is 0.545. The predicted molar refractivity (Wildman–Crippen MR) is 48.7 cm³/mol. The van der Waals surface area contributed by atoms with Crippen molar-refractivity contribution in [2.24, 2.45) is 0 Å². The van der Waals surface area contributed by atoms with E-state index in [0.717, 1.165) is 18.5 Å². The molecule has 1 aliphatic rings. The second kappa shape index (κ2) is 7.09. The molecule has 1 aromatic heterocycles. The molecule has 0 saturated carbocycles. The first kappa shape index (κ1) is 14.7. The van der Waals surface area contributed by atoms with Gasteiger partial charge in [-0.05, 0) is 0 Å². The van der Waals surface area contributed by atoms with E-state index < -0.39 is 0 Å². The van der Waals surface area contributed by atoms with Crippen LogP contribution in [0.1, 0.15) is 12.1 Å². The summed E-state index contributed by atoms with van der Waals surface area (Å²) in [5.41, 5.74) is 2.51. The summed E-state index contributed by atoms with van der Waals surface area (Å²) in [4.78, 5) is 4.29. The van der Waals surface area contributed by atoms with Gasteiger partial charge in [-0.25, -0.2) is 0 Å². The van der Waals surface area contributed by atoms with Gasteiger partial charge >= 0.3 is 86.4 Å². The monoisotopic (exact) mass is 278 g/mol. The fourth-order valence-electron chi connectivity index (χ4n) is 1.39. The van der Waals surface area contributed by atoms with E-state index in [4.69, 9.17) is 0 Å². The SMILES string of the molecule is [Cl-].[Cl-].[Cr+2][C]1=C(Cc2ccccn2)C=CC1. The molecular weight excluding hydrogens is 269 g/mol. The molecule has 79 valence electrons. The normalized spacial score (nSPS) is 13.3. The average molecular weight is 279 g/mol. The zero-order valence-electron chi connectivity index (χ0n) is 7.99. The van der Waals surface area contributed by atoms with Gasteiger partial charge in [0.25, 0.3) is 0 Å². The van der Waals surface area contributed by atoms with Crippen LogP contribution in [0.2, 0.25) is 0 Å². The molecule has 2 rings (SSSR count). The van der Waals surface area contributed by atoms with Crippen molar-refractivity contribution in [3.63, 3.8) is 0 Å². The number of hydrogen-bond acceptors (Lipinski definition) is 1. The van der Waals surface area contributed by atoms with E-state index in [-0.39, 0.29) is 24.8 Å². The van der Waals surface area contributed by atoms with Gasteiger partial charge in [-0.2, -0.15) is 0 Å². The van der Waals surface area contributed by atoms with E-state index in [1.807, 2.05) is 18.3 Å². The molecule has 0 aromatic carbocycles. The summed E-state index contributed by atoms with van der Waals surface area (Å²) in [5, 5.41) is 0. The molecule has 0 unspecified atom stereocenters. The Morgan fingerprint density at radius 2 is 2.07 bits per heavy atom. The van der Waals surface area contributed by atoms with Crippen LogP contribution in [-0.2, 0) is 22.7 Å². The molecule has 0 radical (unpaired) electrons. The Bertz CT molecular complexity index is 360. The Morgan fingerprint density at radius 1 is 1.27 bits per heavy atom. The average Bonchev–Trinajstić information content (AvgIpc) is 2.54. The van der Waals surface area contributed by atoms with E-state index in [2.05, 4.69) is 39.5 Å². The number of nitrogens with zero attached hydrogens (tertiary/aromatic N) is 1. The Morgan fingerprint density at radius 3 is 2.60 bits per heavy atom. The summed E-state index contributed by atoms with van der Waals surface area (Å²) in [6, 6.07) is 6.04. The van der Waals surface area contributed by atoms with Gasteiger partial charge < -0.3 is 24.8 Å². The van der Waals surface area contributed by atoms with Gasteiger partial charge in [0, 0.05) is 0 Å². The Balaban J connectivity index is 0.000000980. The molecule has 1 aliphatic carbocycles. The Kier molecular flexibility index (Phi) is 6.97. The zero-order chi connectivity index (χ0) is 9.10. The molecule has 1 aromatic rings. The molecule has 15 heavy (non-hydrogen) atoms. The van der Waals surface area contributed by atoms with E-state index >= 15 is 0 Å². The van der Waals surface area contributed by atoms with Crippen LogP contribution in [0.15, 0.2) is 46.6 Å². The van der Waals surface area contributed by atoms with Crippen molar-refractivity contribution in [1.29, 1.82) is 0 Å². The van der Waals surface area contributed by atoms with Crippen molar-refractivity contribution in [3.8, 4) is 0 Å². The summed E-state index contributed by atoms with van der Waals surface area (Å²) in [6.45, 7) is 0. The zero-order valence-corrected chi connectivity index (χ0v) is 10.8. The van der Waals surface area contributed by atoms with Crippen molar-refractivity contribution >= 4 is 0 Å². The van der Waals surface area contributed by atoms with Crippen molar-refractivity contribution in [2.45, 2.75) is 12.8 Å². The van der Waals surface area contributed by atoms with Gasteiger partial charge in [0.05, 0.1) is 0 Å². The van der Waals surface area contributed by atoms with E-state index in [9.17, 15) is 0 Å². The fourth-order valence-corrected chi connectivity index (χ4v) is 1.76. The second-order valence-corrected chi connectivity index (χ2v) is 3.82. The molecular formula is C11H10Cl2CrN. The van der Waals surface area contributed by atoms with Gasteiger partial charge in [-0.15, -0.1) is 0 Å². The third-order valence-corrected chi connectivity index (χ3v) is 2.75. The van der Waals surface area contributed by atoms with E-state index in [1.165, 1.54) is 10.0 Å². The molecule has 1 heterocycles. The number of allylic oxidation sites excluding steroid dienone is 4. The van der Waals surface area contributed by atoms with Gasteiger partial charge in [0.2, 0.25) is 0 Å². The maximum absolute atomic E-state index is 4.29. The molecule has 0 amide bonds. The molecule has 0 N–H and O–H groups in total. The molecule has 0 atom stereocenters. The van der Waals surface area contributed by atoms with Crippen molar-refractivity contribution in [1.82, 2.24) is 4.98 Å². The predicted octanol–water partition coefficient (Wildman–Crippen LogP) is -3.61. The fraction of sp³-hybridized carbons (Fsp3) is 0.182. The standard InChI is InChI=1S/C11H10N.2ClH.Cr/c1-2-6-10(5-1)9-11-7-3-4-8-12-11;;;/h1,3-5,7-8H,2,9H2;2*1H;/q;;;+2/p-2. The van der Waals surface area contributed by atoms with Crippen LogP contribution < -0.4 is 24.8 Å². The molecule has 0 bridgehead atoms. The number of pyridine rings is 1. The van der Waals surface area contributed by atoms with Crippen LogP contribution in [0.25, 0.3) is 0 Å². The van der Waals surface area contributed by atoms with Gasteiger partial charge in [-0.1, -0.05) is 0 Å². The van der Waals surface area contributed by atoms with Crippen LogP contribution in [0.3, 0.4) is 0 Å². The number of aromatic nitrogens is 1. The number of hydrogen-bond donors (Lipinski definition) is 0. The molecule has 4 heteroatoms. The minimum absolute atomic E-state index is 0. The van der Waals surface area contributed by atoms with Crippen LogP contribution in [0.4, 0.5) is 0 Å². The topological polar surface area (TPSA) is 12.9 Å². The number of halogens is 2. The first-order valence-corrected chi connectivity index (χ1v) is 4.95. The molecule has 0 fully saturated rings. The summed E-state index contributed by atoms with van der Waals surface area (Å²) in [6.07, 6.45) is 8.21. The van der Waals surface area contributed by atoms with Crippen molar-refractivity contribution in [3.05, 3.63) is 52.3 Å². The molecule has 0 aliphatic heterocycles. The summed E-state index contributed by atoms with van der Waals surface area (Å²) < 4.78 is 1.35. The first-order chi connectivity index (χ1) is 6.36. The summed E-state index contributed by atoms with van der Waals surface area (Å²) in [5.74, 6) is 0. The van der Waals surface area contributed by atoms with Crippen LogP contribution in [-0.4, -0.2) is 4.98 Å². The van der Waals surface area contributed by atoms with Crippen LogP contribution in [0.5, 0.6) is 0 Å². The van der Waals surface area contributed by atoms with Gasteiger partial charge in [-0.3, -0.25) is 0 Å². The van der Waals surface area contributed by atoms with Crippen molar-refractivity contribution < 1.29 is 41.1 Å². The second-order valence-electron chi connectivity index (χ2n) is 3.05. The Hall–Kier alpha value is -0.258. The van der Waals surface area contributed by atoms with Gasteiger partial charge in [0.15, 0.2) is 0 Å². The van der Waals surface area contributed by atoms with Crippen LogP contribution >= 0.6 is 0 Å². The third kappa shape index (κ3) is 4.01. The van der Waals surface area contributed by atoms with E-state index in [1.54, 1.807) is 0 Å². The van der Waals surface area contributed by atoms with E-state index in [0.29, 0.717) is 0 Å². The van der Waals surface area contributed by atoms with Crippen molar-refractivity contribution in [2.75, 3.05) is 0 Å². The maximum atomic E-state index is 4.29. The van der Waals surface area contributed by atoms with Crippen LogP contribution in [0, 0.1) is 0 Å². The molecule has 0 spiro atoms. The first-order valence-electron chi connectivity index (χ1n) is 4.32. The van der Waals surface area contributed by atoms with Gasteiger partial charge in [0.1, 0.15) is 0 Å². The summed E-state index contributed by atoms with van der Waals surface area (Å²) >= 11 is 3.10.